The first-order valence-corrected chi connectivity index (χ1v) is 7.23. The van der Waals surface area contributed by atoms with E-state index in [2.05, 4.69) is 21.2 Å². The number of amides is 1. The van der Waals surface area contributed by atoms with Gasteiger partial charge in [0, 0.05) is 11.0 Å². The van der Waals surface area contributed by atoms with Crippen LogP contribution in [0.2, 0.25) is 0 Å². The number of rotatable bonds is 4. The molecule has 0 aliphatic rings. The maximum absolute atomic E-state index is 13.6. The zero-order valence-corrected chi connectivity index (χ0v) is 12.8. The summed E-state index contributed by atoms with van der Waals surface area (Å²) in [4.78, 5) is 11.9. The number of halogens is 3. The van der Waals surface area contributed by atoms with Crippen LogP contribution in [0, 0.1) is 5.82 Å². The Morgan fingerprint density at radius 2 is 1.95 bits per heavy atom. The monoisotopic (exact) mass is 355 g/mol. The summed E-state index contributed by atoms with van der Waals surface area (Å²) in [7, 11) is 0. The Balaban J connectivity index is 2.00. The van der Waals surface area contributed by atoms with Crippen molar-refractivity contribution in [2.45, 2.75) is 5.38 Å². The smallest absolute Gasteiger partial charge is 0.254 e. The number of carbonyl (C=O) groups is 1. The lowest BCUT2D eigenvalue weighted by Crippen LogP contribution is -2.27. The molecule has 1 unspecified atom stereocenters. The van der Waals surface area contributed by atoms with E-state index in [-0.39, 0.29) is 17.5 Å². The van der Waals surface area contributed by atoms with Crippen LogP contribution in [-0.4, -0.2) is 12.5 Å². The van der Waals surface area contributed by atoms with Crippen molar-refractivity contribution < 1.29 is 9.18 Å². The van der Waals surface area contributed by atoms with Crippen LogP contribution >= 0.6 is 27.5 Å². The van der Waals surface area contributed by atoms with Crippen molar-refractivity contribution in [3.8, 4) is 0 Å². The normalized spacial score (nSPS) is 11.9. The second kappa shape index (κ2) is 6.86. The first kappa shape index (κ1) is 15.0. The highest BCUT2D eigenvalue weighted by Crippen LogP contribution is 2.19. The second-order valence-electron chi connectivity index (χ2n) is 4.21. The minimum atomic E-state index is -0.559. The molecule has 0 aliphatic heterocycles. The molecular formula is C15H12BrClFNO. The number of nitrogens with one attached hydrogen (secondary N) is 1. The maximum atomic E-state index is 13.6. The summed E-state index contributed by atoms with van der Waals surface area (Å²) in [6.07, 6.45) is 0. The van der Waals surface area contributed by atoms with Gasteiger partial charge in [-0.25, -0.2) is 4.39 Å². The van der Waals surface area contributed by atoms with Gasteiger partial charge in [0.05, 0.1) is 10.9 Å². The van der Waals surface area contributed by atoms with Gasteiger partial charge in [-0.2, -0.15) is 0 Å². The Morgan fingerprint density at radius 1 is 1.25 bits per heavy atom. The highest BCUT2D eigenvalue weighted by molar-refractivity contribution is 9.10. The van der Waals surface area contributed by atoms with Crippen molar-refractivity contribution in [2.75, 3.05) is 6.54 Å². The minimum absolute atomic E-state index is 0.00342. The standard InChI is InChI=1S/C15H12BrClFNO/c16-11-6-7-14(18)12(8-11)15(20)19-9-13(17)10-4-2-1-3-5-10/h1-8,13H,9H2,(H,19,20). The molecule has 1 atom stereocenters. The molecule has 1 amide bonds. The van der Waals surface area contributed by atoms with Crippen LogP contribution in [0.5, 0.6) is 0 Å². The molecule has 0 spiro atoms. The highest BCUT2D eigenvalue weighted by atomic mass is 79.9. The summed E-state index contributed by atoms with van der Waals surface area (Å²) in [5, 5.41) is 2.28. The zero-order valence-electron chi connectivity index (χ0n) is 10.4. The third kappa shape index (κ3) is 3.81. The molecule has 2 rings (SSSR count). The molecule has 2 aromatic carbocycles. The molecule has 2 nitrogen and oxygen atoms in total. The Kier molecular flexibility index (Phi) is 5.15. The summed E-state index contributed by atoms with van der Waals surface area (Å²) >= 11 is 9.40. The summed E-state index contributed by atoms with van der Waals surface area (Å²) in [6, 6.07) is 13.6. The molecule has 2 aromatic rings. The van der Waals surface area contributed by atoms with Crippen LogP contribution in [0.4, 0.5) is 4.39 Å². The van der Waals surface area contributed by atoms with Crippen LogP contribution in [0.1, 0.15) is 21.3 Å². The Labute approximate surface area is 130 Å². The number of hydrogen-bond acceptors (Lipinski definition) is 1. The lowest BCUT2D eigenvalue weighted by atomic mass is 10.1. The molecule has 1 N–H and O–H groups in total. The minimum Gasteiger partial charge on any atom is -0.350 e. The molecule has 104 valence electrons. The molecule has 20 heavy (non-hydrogen) atoms. The first-order chi connectivity index (χ1) is 9.58. The van der Waals surface area contributed by atoms with E-state index in [1.165, 1.54) is 12.1 Å². The third-order valence-electron chi connectivity index (χ3n) is 2.78. The fourth-order valence-electron chi connectivity index (χ4n) is 1.73. The van der Waals surface area contributed by atoms with Gasteiger partial charge >= 0.3 is 0 Å². The highest BCUT2D eigenvalue weighted by Gasteiger charge is 2.14. The number of carbonyl (C=O) groups excluding carboxylic acids is 1. The van der Waals surface area contributed by atoms with E-state index in [0.29, 0.717) is 4.47 Å². The van der Waals surface area contributed by atoms with E-state index in [1.807, 2.05) is 30.3 Å². The summed E-state index contributed by atoms with van der Waals surface area (Å²) in [5.74, 6) is -1.04. The van der Waals surface area contributed by atoms with Crippen LogP contribution in [-0.2, 0) is 0 Å². The predicted octanol–water partition coefficient (Wildman–Crippen LogP) is 4.30. The van der Waals surface area contributed by atoms with Crippen LogP contribution in [0.25, 0.3) is 0 Å². The summed E-state index contributed by atoms with van der Waals surface area (Å²) in [6.45, 7) is 0.232. The average Bonchev–Trinajstić information content (AvgIpc) is 2.47. The first-order valence-electron chi connectivity index (χ1n) is 6.00. The lowest BCUT2D eigenvalue weighted by molar-refractivity contribution is 0.0949. The predicted molar refractivity (Wildman–Crippen MR) is 81.5 cm³/mol. The molecule has 5 heteroatoms. The van der Waals surface area contributed by atoms with Crippen LogP contribution in [0.15, 0.2) is 53.0 Å². The topological polar surface area (TPSA) is 29.1 Å². The Bertz CT molecular complexity index is 606. The number of benzene rings is 2. The van der Waals surface area contributed by atoms with Crippen molar-refractivity contribution in [2.24, 2.45) is 0 Å². The quantitative estimate of drug-likeness (QED) is 0.813. The zero-order chi connectivity index (χ0) is 14.5. The van der Waals surface area contributed by atoms with Gasteiger partial charge in [-0.3, -0.25) is 4.79 Å². The van der Waals surface area contributed by atoms with E-state index in [1.54, 1.807) is 6.07 Å². The molecule has 0 saturated heterocycles. The van der Waals surface area contributed by atoms with E-state index in [9.17, 15) is 9.18 Å². The molecule has 0 aliphatic carbocycles. The largest absolute Gasteiger partial charge is 0.350 e. The van der Waals surface area contributed by atoms with Crippen LogP contribution in [0.3, 0.4) is 0 Å². The molecular weight excluding hydrogens is 345 g/mol. The summed E-state index contributed by atoms with van der Waals surface area (Å²) in [5.41, 5.74) is 0.903. The molecule has 0 fully saturated rings. The third-order valence-corrected chi connectivity index (χ3v) is 3.68. The van der Waals surface area contributed by atoms with Gasteiger partial charge in [-0.15, -0.1) is 11.6 Å². The van der Waals surface area contributed by atoms with Crippen molar-refractivity contribution in [1.82, 2.24) is 5.32 Å². The van der Waals surface area contributed by atoms with Gasteiger partial charge in [-0.05, 0) is 23.8 Å². The second-order valence-corrected chi connectivity index (χ2v) is 5.65. The van der Waals surface area contributed by atoms with Gasteiger partial charge in [-0.1, -0.05) is 46.3 Å². The Morgan fingerprint density at radius 3 is 2.65 bits per heavy atom. The molecule has 0 saturated carbocycles. The molecule has 0 bridgehead atoms. The van der Waals surface area contributed by atoms with Gasteiger partial charge in [0.1, 0.15) is 5.82 Å². The summed E-state index contributed by atoms with van der Waals surface area (Å²) < 4.78 is 14.2. The van der Waals surface area contributed by atoms with Crippen molar-refractivity contribution in [1.29, 1.82) is 0 Å². The Hall–Kier alpha value is -1.39. The molecule has 0 aromatic heterocycles. The fourth-order valence-corrected chi connectivity index (χ4v) is 2.31. The van der Waals surface area contributed by atoms with Gasteiger partial charge in [0.25, 0.3) is 5.91 Å². The van der Waals surface area contributed by atoms with E-state index in [4.69, 9.17) is 11.6 Å². The SMILES string of the molecule is O=C(NCC(Cl)c1ccccc1)c1cc(Br)ccc1F. The van der Waals surface area contributed by atoms with Gasteiger partial charge in [0.15, 0.2) is 0 Å². The fraction of sp³-hybridized carbons (Fsp3) is 0.133. The van der Waals surface area contributed by atoms with Crippen molar-refractivity contribution >= 4 is 33.4 Å². The van der Waals surface area contributed by atoms with Gasteiger partial charge in [0.2, 0.25) is 0 Å². The lowest BCUT2D eigenvalue weighted by Gasteiger charge is -2.11. The number of alkyl halides is 1. The van der Waals surface area contributed by atoms with Crippen molar-refractivity contribution in [3.05, 3.63) is 69.9 Å². The molecule has 0 radical (unpaired) electrons. The number of hydrogen-bond donors (Lipinski definition) is 1. The van der Waals surface area contributed by atoms with Crippen LogP contribution < -0.4 is 5.32 Å². The van der Waals surface area contributed by atoms with Gasteiger partial charge < -0.3 is 5.32 Å². The van der Waals surface area contributed by atoms with E-state index >= 15 is 0 Å². The maximum Gasteiger partial charge on any atom is 0.254 e. The molecule has 0 heterocycles. The van der Waals surface area contributed by atoms with E-state index in [0.717, 1.165) is 5.56 Å². The van der Waals surface area contributed by atoms with Crippen molar-refractivity contribution in [3.63, 3.8) is 0 Å². The van der Waals surface area contributed by atoms with E-state index < -0.39 is 11.7 Å². The average molecular weight is 357 g/mol.